The van der Waals surface area contributed by atoms with Gasteiger partial charge in [0.05, 0.1) is 0 Å². The molecule has 0 amide bonds. The van der Waals surface area contributed by atoms with Gasteiger partial charge in [-0.1, -0.05) is 70.4 Å². The Hall–Kier alpha value is -0.820. The predicted octanol–water partition coefficient (Wildman–Crippen LogP) is 4.99. The standard InChI is InChI=1S/C18H31N/c1-4-14-19-15-18(13-9-8-10-16(2)3)17-11-6-5-7-12-17/h5-7,11-12,16,18-19H,4,8-10,13-15H2,1-3H3. The van der Waals surface area contributed by atoms with E-state index in [2.05, 4.69) is 56.4 Å². The Balaban J connectivity index is 2.41. The molecule has 1 heteroatoms. The fourth-order valence-electron chi connectivity index (χ4n) is 2.51. The van der Waals surface area contributed by atoms with Crippen LogP contribution in [-0.2, 0) is 0 Å². The van der Waals surface area contributed by atoms with Crippen LogP contribution in [0.25, 0.3) is 0 Å². The lowest BCUT2D eigenvalue weighted by Gasteiger charge is -2.18. The lowest BCUT2D eigenvalue weighted by Crippen LogP contribution is -2.22. The van der Waals surface area contributed by atoms with Gasteiger partial charge in [-0.25, -0.2) is 0 Å². The van der Waals surface area contributed by atoms with Crippen molar-refractivity contribution in [1.29, 1.82) is 0 Å². The monoisotopic (exact) mass is 261 g/mol. The largest absolute Gasteiger partial charge is 0.316 e. The Morgan fingerprint density at radius 1 is 1.00 bits per heavy atom. The van der Waals surface area contributed by atoms with Crippen molar-refractivity contribution in [2.24, 2.45) is 5.92 Å². The third-order valence-electron chi connectivity index (χ3n) is 3.67. The zero-order chi connectivity index (χ0) is 13.9. The SMILES string of the molecule is CCCNCC(CCCCC(C)C)c1ccccc1. The summed E-state index contributed by atoms with van der Waals surface area (Å²) in [4.78, 5) is 0. The Kier molecular flexibility index (Phi) is 8.57. The quantitative estimate of drug-likeness (QED) is 0.585. The van der Waals surface area contributed by atoms with Crippen molar-refractivity contribution >= 4 is 0 Å². The minimum atomic E-state index is 0.680. The number of hydrogen-bond donors (Lipinski definition) is 1. The van der Waals surface area contributed by atoms with Crippen molar-refractivity contribution in [1.82, 2.24) is 5.32 Å². The van der Waals surface area contributed by atoms with Gasteiger partial charge in [0.25, 0.3) is 0 Å². The van der Waals surface area contributed by atoms with Crippen LogP contribution in [0.4, 0.5) is 0 Å². The van der Waals surface area contributed by atoms with Crippen molar-refractivity contribution in [3.63, 3.8) is 0 Å². The summed E-state index contributed by atoms with van der Waals surface area (Å²) in [7, 11) is 0. The average molecular weight is 261 g/mol. The highest BCUT2D eigenvalue weighted by Gasteiger charge is 2.10. The number of rotatable bonds is 10. The molecule has 0 radical (unpaired) electrons. The normalized spacial score (nSPS) is 12.8. The first kappa shape index (κ1) is 16.2. The van der Waals surface area contributed by atoms with E-state index in [1.54, 1.807) is 0 Å². The summed E-state index contributed by atoms with van der Waals surface area (Å²) in [6.45, 7) is 9.12. The first-order chi connectivity index (χ1) is 9.24. The first-order valence-electron chi connectivity index (χ1n) is 7.99. The minimum Gasteiger partial charge on any atom is -0.316 e. The smallest absolute Gasteiger partial charge is 0.00201 e. The van der Waals surface area contributed by atoms with Gasteiger partial charge in [0, 0.05) is 6.54 Å². The molecule has 0 saturated carbocycles. The van der Waals surface area contributed by atoms with Crippen LogP contribution in [-0.4, -0.2) is 13.1 Å². The van der Waals surface area contributed by atoms with E-state index < -0.39 is 0 Å². The summed E-state index contributed by atoms with van der Waals surface area (Å²) in [5, 5.41) is 3.58. The topological polar surface area (TPSA) is 12.0 Å². The summed E-state index contributed by atoms with van der Waals surface area (Å²) in [6, 6.07) is 11.0. The molecule has 0 aliphatic rings. The third kappa shape index (κ3) is 7.37. The second-order valence-corrected chi connectivity index (χ2v) is 5.99. The van der Waals surface area contributed by atoms with Crippen LogP contribution >= 0.6 is 0 Å². The molecule has 0 saturated heterocycles. The molecule has 0 bridgehead atoms. The highest BCUT2D eigenvalue weighted by Crippen LogP contribution is 2.22. The van der Waals surface area contributed by atoms with Gasteiger partial charge in [-0.05, 0) is 36.8 Å². The molecule has 1 N–H and O–H groups in total. The zero-order valence-corrected chi connectivity index (χ0v) is 13.0. The van der Waals surface area contributed by atoms with Crippen molar-refractivity contribution in [3.8, 4) is 0 Å². The lowest BCUT2D eigenvalue weighted by atomic mass is 9.92. The molecule has 0 aliphatic carbocycles. The van der Waals surface area contributed by atoms with Crippen LogP contribution in [0.2, 0.25) is 0 Å². The van der Waals surface area contributed by atoms with Crippen LogP contribution in [0.15, 0.2) is 30.3 Å². The summed E-state index contributed by atoms with van der Waals surface area (Å²) < 4.78 is 0. The molecule has 0 aromatic heterocycles. The number of hydrogen-bond acceptors (Lipinski definition) is 1. The molecule has 0 fully saturated rings. The highest BCUT2D eigenvalue weighted by atomic mass is 14.8. The first-order valence-corrected chi connectivity index (χ1v) is 7.99. The fraction of sp³-hybridized carbons (Fsp3) is 0.667. The van der Waals surface area contributed by atoms with Gasteiger partial charge in [0.15, 0.2) is 0 Å². The lowest BCUT2D eigenvalue weighted by molar-refractivity contribution is 0.483. The molecule has 1 nitrogen and oxygen atoms in total. The Morgan fingerprint density at radius 3 is 2.32 bits per heavy atom. The highest BCUT2D eigenvalue weighted by molar-refractivity contribution is 5.19. The maximum absolute atomic E-state index is 3.58. The van der Waals surface area contributed by atoms with Gasteiger partial charge in [-0.3, -0.25) is 0 Å². The second-order valence-electron chi connectivity index (χ2n) is 5.99. The van der Waals surface area contributed by atoms with E-state index in [1.165, 1.54) is 37.7 Å². The maximum atomic E-state index is 3.58. The van der Waals surface area contributed by atoms with E-state index in [0.717, 1.165) is 19.0 Å². The summed E-state index contributed by atoms with van der Waals surface area (Å²) in [6.07, 6.45) is 6.62. The van der Waals surface area contributed by atoms with Gasteiger partial charge < -0.3 is 5.32 Å². The van der Waals surface area contributed by atoms with Crippen molar-refractivity contribution < 1.29 is 0 Å². The molecule has 1 aromatic rings. The summed E-state index contributed by atoms with van der Waals surface area (Å²) in [5.74, 6) is 1.52. The van der Waals surface area contributed by atoms with Crippen LogP contribution in [0.3, 0.4) is 0 Å². The van der Waals surface area contributed by atoms with Crippen molar-refractivity contribution in [2.75, 3.05) is 13.1 Å². The summed E-state index contributed by atoms with van der Waals surface area (Å²) in [5.41, 5.74) is 1.50. The van der Waals surface area contributed by atoms with E-state index in [0.29, 0.717) is 5.92 Å². The molecule has 0 spiro atoms. The van der Waals surface area contributed by atoms with E-state index in [-0.39, 0.29) is 0 Å². The molecule has 0 aliphatic heterocycles. The molecule has 19 heavy (non-hydrogen) atoms. The van der Waals surface area contributed by atoms with Crippen LogP contribution in [0.5, 0.6) is 0 Å². The molecular formula is C18H31N. The van der Waals surface area contributed by atoms with Gasteiger partial charge >= 0.3 is 0 Å². The van der Waals surface area contributed by atoms with Gasteiger partial charge in [0.1, 0.15) is 0 Å². The van der Waals surface area contributed by atoms with Crippen molar-refractivity contribution in [3.05, 3.63) is 35.9 Å². The third-order valence-corrected chi connectivity index (χ3v) is 3.67. The molecule has 1 atom stereocenters. The fourth-order valence-corrected chi connectivity index (χ4v) is 2.51. The van der Waals surface area contributed by atoms with Crippen molar-refractivity contribution in [2.45, 2.75) is 58.8 Å². The van der Waals surface area contributed by atoms with E-state index in [9.17, 15) is 0 Å². The molecule has 1 aromatic carbocycles. The molecule has 0 heterocycles. The van der Waals surface area contributed by atoms with E-state index >= 15 is 0 Å². The van der Waals surface area contributed by atoms with Crippen LogP contribution in [0.1, 0.15) is 64.4 Å². The van der Waals surface area contributed by atoms with Gasteiger partial charge in [0.2, 0.25) is 0 Å². The average Bonchev–Trinajstić information content (AvgIpc) is 2.42. The second kappa shape index (κ2) is 10.0. The van der Waals surface area contributed by atoms with Crippen LogP contribution in [0, 0.1) is 5.92 Å². The number of benzene rings is 1. The number of unbranched alkanes of at least 4 members (excludes halogenated alkanes) is 1. The minimum absolute atomic E-state index is 0.680. The number of nitrogens with one attached hydrogen (secondary N) is 1. The molecule has 1 rings (SSSR count). The van der Waals surface area contributed by atoms with E-state index in [1.807, 2.05) is 0 Å². The maximum Gasteiger partial charge on any atom is 0.00201 e. The Bertz CT molecular complexity index is 305. The van der Waals surface area contributed by atoms with E-state index in [4.69, 9.17) is 0 Å². The molecule has 108 valence electrons. The summed E-state index contributed by atoms with van der Waals surface area (Å²) >= 11 is 0. The Morgan fingerprint density at radius 2 is 1.68 bits per heavy atom. The predicted molar refractivity (Wildman–Crippen MR) is 85.6 cm³/mol. The van der Waals surface area contributed by atoms with Crippen LogP contribution < -0.4 is 5.32 Å². The molecule has 1 unspecified atom stereocenters. The van der Waals surface area contributed by atoms with Gasteiger partial charge in [-0.2, -0.15) is 0 Å². The van der Waals surface area contributed by atoms with Gasteiger partial charge in [-0.15, -0.1) is 0 Å². The molecular weight excluding hydrogens is 230 g/mol. The Labute approximate surface area is 119 Å². The zero-order valence-electron chi connectivity index (χ0n) is 13.0.